The summed E-state index contributed by atoms with van der Waals surface area (Å²) < 4.78 is 0. The zero-order valence-corrected chi connectivity index (χ0v) is 6.96. The zero-order chi connectivity index (χ0) is 8.10. The number of hydrogen-bond acceptors (Lipinski definition) is 3. The topological polar surface area (TPSA) is 37.8 Å². The fraction of sp³-hybridized carbons (Fsp3) is 0.500. The molecule has 0 amide bonds. The summed E-state index contributed by atoms with van der Waals surface area (Å²) in [5.41, 5.74) is 2.08. The number of aromatic nitrogens is 2. The Balaban J connectivity index is 2.56. The Kier molecular flexibility index (Phi) is 2.98. The number of nitrogens with one attached hydrogen (secondary N) is 1. The molecule has 0 aromatic carbocycles. The van der Waals surface area contributed by atoms with Crippen molar-refractivity contribution in [2.24, 2.45) is 0 Å². The van der Waals surface area contributed by atoms with Crippen LogP contribution in [0.2, 0.25) is 0 Å². The zero-order valence-electron chi connectivity index (χ0n) is 6.96. The second-order valence-corrected chi connectivity index (χ2v) is 2.43. The van der Waals surface area contributed by atoms with Gasteiger partial charge in [0.05, 0.1) is 5.69 Å². The third-order valence-corrected chi connectivity index (χ3v) is 1.42. The van der Waals surface area contributed by atoms with Gasteiger partial charge in [-0.15, -0.1) is 0 Å². The molecule has 1 aromatic rings. The molecule has 0 saturated heterocycles. The molecular weight excluding hydrogens is 138 g/mol. The highest BCUT2D eigenvalue weighted by molar-refractivity contribution is 5.05. The highest BCUT2D eigenvalue weighted by Crippen LogP contribution is 1.94. The SMILES string of the molecule is CCNCc1cc(C)ncn1. The van der Waals surface area contributed by atoms with Crippen molar-refractivity contribution in [2.45, 2.75) is 20.4 Å². The largest absolute Gasteiger partial charge is 0.311 e. The molecule has 60 valence electrons. The van der Waals surface area contributed by atoms with Crippen molar-refractivity contribution in [1.82, 2.24) is 15.3 Å². The maximum atomic E-state index is 4.10. The van der Waals surface area contributed by atoms with E-state index in [1.807, 2.05) is 13.0 Å². The van der Waals surface area contributed by atoms with Gasteiger partial charge >= 0.3 is 0 Å². The minimum absolute atomic E-state index is 0.833. The lowest BCUT2D eigenvalue weighted by molar-refractivity contribution is 0.707. The molecule has 0 radical (unpaired) electrons. The second kappa shape index (κ2) is 4.03. The van der Waals surface area contributed by atoms with Crippen molar-refractivity contribution >= 4 is 0 Å². The first-order valence-electron chi connectivity index (χ1n) is 3.81. The summed E-state index contributed by atoms with van der Waals surface area (Å²) in [5.74, 6) is 0. The molecule has 1 N–H and O–H groups in total. The standard InChI is InChI=1S/C8H13N3/c1-3-9-5-8-4-7(2)10-6-11-8/h4,6,9H,3,5H2,1-2H3. The number of rotatable bonds is 3. The van der Waals surface area contributed by atoms with Gasteiger partial charge in [0, 0.05) is 12.2 Å². The van der Waals surface area contributed by atoms with E-state index in [1.165, 1.54) is 0 Å². The first-order chi connectivity index (χ1) is 5.33. The summed E-state index contributed by atoms with van der Waals surface area (Å²) in [7, 11) is 0. The van der Waals surface area contributed by atoms with Gasteiger partial charge in [-0.1, -0.05) is 6.92 Å². The predicted molar refractivity (Wildman–Crippen MR) is 44.1 cm³/mol. The van der Waals surface area contributed by atoms with E-state index in [1.54, 1.807) is 6.33 Å². The lowest BCUT2D eigenvalue weighted by atomic mass is 10.3. The monoisotopic (exact) mass is 151 g/mol. The van der Waals surface area contributed by atoms with E-state index in [-0.39, 0.29) is 0 Å². The first kappa shape index (κ1) is 8.14. The molecule has 0 aliphatic heterocycles. The van der Waals surface area contributed by atoms with Crippen LogP contribution in [0.4, 0.5) is 0 Å². The van der Waals surface area contributed by atoms with Gasteiger partial charge in [-0.05, 0) is 19.5 Å². The van der Waals surface area contributed by atoms with E-state index < -0.39 is 0 Å². The molecule has 0 unspecified atom stereocenters. The molecule has 0 atom stereocenters. The first-order valence-corrected chi connectivity index (χ1v) is 3.81. The van der Waals surface area contributed by atoms with Crippen LogP contribution in [-0.2, 0) is 6.54 Å². The smallest absolute Gasteiger partial charge is 0.115 e. The van der Waals surface area contributed by atoms with Crippen molar-refractivity contribution in [2.75, 3.05) is 6.54 Å². The third kappa shape index (κ3) is 2.63. The Morgan fingerprint density at radius 3 is 2.91 bits per heavy atom. The van der Waals surface area contributed by atoms with E-state index in [0.29, 0.717) is 0 Å². The summed E-state index contributed by atoms with van der Waals surface area (Å²) >= 11 is 0. The lowest BCUT2D eigenvalue weighted by Gasteiger charge is -2.00. The van der Waals surface area contributed by atoms with E-state index >= 15 is 0 Å². The summed E-state index contributed by atoms with van der Waals surface area (Å²) in [6, 6.07) is 1.99. The van der Waals surface area contributed by atoms with Crippen molar-refractivity contribution in [3.05, 3.63) is 23.8 Å². The number of nitrogens with zero attached hydrogens (tertiary/aromatic N) is 2. The Labute approximate surface area is 66.9 Å². The quantitative estimate of drug-likeness (QED) is 0.697. The van der Waals surface area contributed by atoms with E-state index in [4.69, 9.17) is 0 Å². The molecule has 1 rings (SSSR count). The minimum atomic E-state index is 0.833. The Hall–Kier alpha value is -0.960. The summed E-state index contributed by atoms with van der Waals surface area (Å²) in [5, 5.41) is 3.20. The van der Waals surface area contributed by atoms with Crippen molar-refractivity contribution in [3.63, 3.8) is 0 Å². The minimum Gasteiger partial charge on any atom is -0.311 e. The van der Waals surface area contributed by atoms with Gasteiger partial charge in [-0.3, -0.25) is 0 Å². The molecule has 1 aromatic heterocycles. The molecule has 0 saturated carbocycles. The molecule has 11 heavy (non-hydrogen) atoms. The molecule has 0 bridgehead atoms. The van der Waals surface area contributed by atoms with Crippen LogP contribution in [0.15, 0.2) is 12.4 Å². The fourth-order valence-electron chi connectivity index (χ4n) is 0.859. The van der Waals surface area contributed by atoms with Crippen molar-refractivity contribution in [1.29, 1.82) is 0 Å². The van der Waals surface area contributed by atoms with Crippen LogP contribution in [0.1, 0.15) is 18.3 Å². The highest BCUT2D eigenvalue weighted by Gasteiger charge is 1.92. The normalized spacial score (nSPS) is 10.0. The van der Waals surface area contributed by atoms with Gasteiger partial charge < -0.3 is 5.32 Å². The van der Waals surface area contributed by atoms with Gasteiger partial charge in [0.25, 0.3) is 0 Å². The Bertz CT molecular complexity index is 222. The summed E-state index contributed by atoms with van der Waals surface area (Å²) in [4.78, 5) is 8.11. The van der Waals surface area contributed by atoms with Gasteiger partial charge in [0.2, 0.25) is 0 Å². The van der Waals surface area contributed by atoms with Crippen LogP contribution in [0, 0.1) is 6.92 Å². The molecule has 0 aliphatic carbocycles. The van der Waals surface area contributed by atoms with Crippen LogP contribution in [0.5, 0.6) is 0 Å². The highest BCUT2D eigenvalue weighted by atomic mass is 14.9. The molecular formula is C8H13N3. The van der Waals surface area contributed by atoms with Crippen LogP contribution < -0.4 is 5.32 Å². The third-order valence-electron chi connectivity index (χ3n) is 1.42. The van der Waals surface area contributed by atoms with Gasteiger partial charge in [0.15, 0.2) is 0 Å². The number of aryl methyl sites for hydroxylation is 1. The number of hydrogen-bond donors (Lipinski definition) is 1. The van der Waals surface area contributed by atoms with Crippen LogP contribution in [0.25, 0.3) is 0 Å². The molecule has 0 aliphatic rings. The summed E-state index contributed by atoms with van der Waals surface area (Å²) in [6.07, 6.45) is 1.60. The average molecular weight is 151 g/mol. The summed E-state index contributed by atoms with van der Waals surface area (Å²) in [6.45, 7) is 5.86. The van der Waals surface area contributed by atoms with Crippen LogP contribution in [-0.4, -0.2) is 16.5 Å². The van der Waals surface area contributed by atoms with Crippen LogP contribution >= 0.6 is 0 Å². The van der Waals surface area contributed by atoms with Gasteiger partial charge in [-0.2, -0.15) is 0 Å². The molecule has 3 heteroatoms. The van der Waals surface area contributed by atoms with Crippen LogP contribution in [0.3, 0.4) is 0 Å². The molecule has 3 nitrogen and oxygen atoms in total. The van der Waals surface area contributed by atoms with E-state index in [9.17, 15) is 0 Å². The van der Waals surface area contributed by atoms with E-state index in [0.717, 1.165) is 24.5 Å². The predicted octanol–water partition coefficient (Wildman–Crippen LogP) is 0.895. The fourth-order valence-corrected chi connectivity index (χ4v) is 0.859. The molecule has 0 fully saturated rings. The molecule has 1 heterocycles. The lowest BCUT2D eigenvalue weighted by Crippen LogP contribution is -2.13. The van der Waals surface area contributed by atoms with Gasteiger partial charge in [-0.25, -0.2) is 9.97 Å². The average Bonchev–Trinajstić information content (AvgIpc) is 2.01. The van der Waals surface area contributed by atoms with Crippen molar-refractivity contribution in [3.8, 4) is 0 Å². The Morgan fingerprint density at radius 1 is 1.45 bits per heavy atom. The maximum absolute atomic E-state index is 4.10. The van der Waals surface area contributed by atoms with E-state index in [2.05, 4.69) is 22.2 Å². The van der Waals surface area contributed by atoms with Crippen molar-refractivity contribution < 1.29 is 0 Å². The molecule has 0 spiro atoms. The maximum Gasteiger partial charge on any atom is 0.115 e. The van der Waals surface area contributed by atoms with Gasteiger partial charge in [0.1, 0.15) is 6.33 Å². The Morgan fingerprint density at radius 2 is 2.27 bits per heavy atom. The second-order valence-electron chi connectivity index (χ2n) is 2.43.